The van der Waals surface area contributed by atoms with E-state index < -0.39 is 11.6 Å². The van der Waals surface area contributed by atoms with E-state index in [0.29, 0.717) is 23.1 Å². The number of carbonyl (C=O) groups excluding carboxylic acids is 1. The summed E-state index contributed by atoms with van der Waals surface area (Å²) in [6, 6.07) is 3.58. The number of nitrogens with one attached hydrogen (secondary N) is 2. The van der Waals surface area contributed by atoms with Gasteiger partial charge in [0, 0.05) is 50.2 Å². The third kappa shape index (κ3) is 6.19. The predicted octanol–water partition coefficient (Wildman–Crippen LogP) is 4.46. The molecular formula is C30H40F2N8O2. The Kier molecular flexibility index (Phi) is 8.53. The topological polar surface area (TPSA) is 111 Å². The van der Waals surface area contributed by atoms with Gasteiger partial charge in [-0.1, -0.05) is 6.92 Å². The SMILES string of the molecule is CCN1CCN(C(=O)[C@H]2CC[C@@H](n3c(Nc4ccc(F)cc4F)nc4cnc(NC5CCC(O)CC5)nc43)CC2)CC1. The van der Waals surface area contributed by atoms with Crippen LogP contribution in [-0.4, -0.2) is 85.2 Å². The smallest absolute Gasteiger partial charge is 0.225 e. The van der Waals surface area contributed by atoms with E-state index in [4.69, 9.17) is 9.97 Å². The van der Waals surface area contributed by atoms with Crippen LogP contribution in [0.25, 0.3) is 11.2 Å². The fourth-order valence-corrected chi connectivity index (χ4v) is 6.63. The van der Waals surface area contributed by atoms with Crippen LogP contribution in [0.2, 0.25) is 0 Å². The molecule has 10 nitrogen and oxygen atoms in total. The molecule has 3 fully saturated rings. The largest absolute Gasteiger partial charge is 0.393 e. The number of piperazine rings is 1. The van der Waals surface area contributed by atoms with Gasteiger partial charge in [-0.3, -0.25) is 9.36 Å². The van der Waals surface area contributed by atoms with E-state index in [1.807, 2.05) is 9.47 Å². The standard InChI is InChI=1S/C30H40F2N8O2/c1-2-38-13-15-39(16-14-38)28(42)19-3-8-22(9-4-19)40-27-26(36-30(40)35-25-12-5-20(31)17-24(25)32)18-33-29(37-27)34-21-6-10-23(41)11-7-21/h5,12,17-19,21-23,41H,2-4,6-11,13-16H2,1H3,(H,35,36)(H,33,34,37)/t19-,21?,22+,23?. The maximum Gasteiger partial charge on any atom is 0.225 e. The molecule has 0 unspecified atom stereocenters. The number of hydrogen-bond donors (Lipinski definition) is 3. The lowest BCUT2D eigenvalue weighted by Gasteiger charge is -2.37. The molecule has 2 aromatic heterocycles. The molecule has 6 rings (SSSR count). The monoisotopic (exact) mass is 582 g/mol. The molecule has 2 saturated carbocycles. The number of likely N-dealkylation sites (N-methyl/N-ethyl adjacent to an activating group) is 1. The van der Waals surface area contributed by atoms with Crippen LogP contribution in [0.3, 0.4) is 0 Å². The predicted molar refractivity (Wildman–Crippen MR) is 157 cm³/mol. The number of carbonyl (C=O) groups is 1. The number of imidazole rings is 1. The molecule has 1 aliphatic heterocycles. The number of aliphatic hydroxyl groups excluding tert-OH is 1. The van der Waals surface area contributed by atoms with Crippen molar-refractivity contribution in [1.29, 1.82) is 0 Å². The van der Waals surface area contributed by atoms with Gasteiger partial charge < -0.3 is 25.5 Å². The first-order chi connectivity index (χ1) is 20.4. The maximum absolute atomic E-state index is 14.6. The minimum absolute atomic E-state index is 0.00502. The highest BCUT2D eigenvalue weighted by molar-refractivity contribution is 5.79. The van der Waals surface area contributed by atoms with Crippen LogP contribution in [0, 0.1) is 17.6 Å². The van der Waals surface area contributed by atoms with Crippen molar-refractivity contribution >= 4 is 34.7 Å². The molecule has 3 aliphatic rings. The number of fused-ring (bicyclic) bond motifs is 1. The average Bonchev–Trinajstić information content (AvgIpc) is 3.36. The van der Waals surface area contributed by atoms with Crippen LogP contribution in [-0.2, 0) is 4.79 Å². The van der Waals surface area contributed by atoms with Crippen LogP contribution in [0.15, 0.2) is 24.4 Å². The molecule has 226 valence electrons. The Labute approximate surface area is 244 Å². The third-order valence-electron chi connectivity index (χ3n) is 9.18. The fraction of sp³-hybridized carbons (Fsp3) is 0.600. The molecule has 1 saturated heterocycles. The Balaban J connectivity index is 1.24. The van der Waals surface area contributed by atoms with Crippen LogP contribution >= 0.6 is 0 Å². The van der Waals surface area contributed by atoms with E-state index >= 15 is 0 Å². The van der Waals surface area contributed by atoms with Gasteiger partial charge in [0.15, 0.2) is 5.65 Å². The van der Waals surface area contributed by atoms with E-state index in [9.17, 15) is 18.7 Å². The Bertz CT molecular complexity index is 1390. The molecule has 1 aromatic carbocycles. The molecule has 0 atom stereocenters. The summed E-state index contributed by atoms with van der Waals surface area (Å²) >= 11 is 0. The Morgan fingerprint density at radius 3 is 2.43 bits per heavy atom. The molecule has 2 aliphatic carbocycles. The minimum Gasteiger partial charge on any atom is -0.393 e. The zero-order valence-corrected chi connectivity index (χ0v) is 24.1. The number of amides is 1. The average molecular weight is 583 g/mol. The summed E-state index contributed by atoms with van der Waals surface area (Å²) in [7, 11) is 0. The molecule has 12 heteroatoms. The lowest BCUT2D eigenvalue weighted by atomic mass is 9.85. The van der Waals surface area contributed by atoms with Crippen molar-refractivity contribution in [3.63, 3.8) is 0 Å². The van der Waals surface area contributed by atoms with E-state index in [1.54, 1.807) is 6.20 Å². The van der Waals surface area contributed by atoms with Gasteiger partial charge in [-0.05, 0) is 70.0 Å². The van der Waals surface area contributed by atoms with Crippen molar-refractivity contribution in [1.82, 2.24) is 29.3 Å². The van der Waals surface area contributed by atoms with Crippen molar-refractivity contribution in [2.24, 2.45) is 5.92 Å². The second kappa shape index (κ2) is 12.5. The lowest BCUT2D eigenvalue weighted by molar-refractivity contribution is -0.138. The number of anilines is 3. The van der Waals surface area contributed by atoms with Crippen molar-refractivity contribution in [2.75, 3.05) is 43.4 Å². The number of aliphatic hydroxyl groups is 1. The van der Waals surface area contributed by atoms with Crippen LogP contribution in [0.1, 0.15) is 64.3 Å². The van der Waals surface area contributed by atoms with E-state index in [2.05, 4.69) is 27.4 Å². The van der Waals surface area contributed by atoms with Crippen molar-refractivity contribution in [2.45, 2.75) is 76.5 Å². The Morgan fingerprint density at radius 1 is 1.00 bits per heavy atom. The lowest BCUT2D eigenvalue weighted by Crippen LogP contribution is -2.50. The van der Waals surface area contributed by atoms with Gasteiger partial charge in [-0.25, -0.2) is 18.7 Å². The molecule has 0 bridgehead atoms. The number of hydrogen-bond acceptors (Lipinski definition) is 8. The van der Waals surface area contributed by atoms with Gasteiger partial charge in [-0.2, -0.15) is 4.98 Å². The summed E-state index contributed by atoms with van der Waals surface area (Å²) in [4.78, 5) is 31.8. The van der Waals surface area contributed by atoms with Crippen molar-refractivity contribution in [3.05, 3.63) is 36.0 Å². The van der Waals surface area contributed by atoms with Gasteiger partial charge in [0.2, 0.25) is 17.8 Å². The minimum atomic E-state index is -0.709. The molecule has 3 N–H and O–H groups in total. The molecular weight excluding hydrogens is 542 g/mol. The second-order valence-electron chi connectivity index (χ2n) is 11.9. The van der Waals surface area contributed by atoms with Crippen molar-refractivity contribution < 1.29 is 18.7 Å². The highest BCUT2D eigenvalue weighted by Gasteiger charge is 2.33. The van der Waals surface area contributed by atoms with Crippen LogP contribution < -0.4 is 10.6 Å². The van der Waals surface area contributed by atoms with Gasteiger partial charge in [0.25, 0.3) is 0 Å². The fourth-order valence-electron chi connectivity index (χ4n) is 6.63. The van der Waals surface area contributed by atoms with Gasteiger partial charge in [0.05, 0.1) is 18.0 Å². The summed E-state index contributed by atoms with van der Waals surface area (Å²) in [5, 5.41) is 16.4. The summed E-state index contributed by atoms with van der Waals surface area (Å²) in [6.45, 7) is 6.56. The van der Waals surface area contributed by atoms with Gasteiger partial charge >= 0.3 is 0 Å². The van der Waals surface area contributed by atoms with E-state index in [-0.39, 0.29) is 35.7 Å². The normalized spacial score (nSPS) is 25.5. The quantitative estimate of drug-likeness (QED) is 0.375. The van der Waals surface area contributed by atoms with Crippen LogP contribution in [0.5, 0.6) is 0 Å². The zero-order valence-electron chi connectivity index (χ0n) is 24.1. The number of aromatic nitrogens is 4. The number of nitrogens with zero attached hydrogens (tertiary/aromatic N) is 6. The molecule has 3 heterocycles. The first-order valence-corrected chi connectivity index (χ1v) is 15.3. The Morgan fingerprint density at radius 2 is 1.74 bits per heavy atom. The maximum atomic E-state index is 14.6. The first kappa shape index (κ1) is 28.7. The third-order valence-corrected chi connectivity index (χ3v) is 9.18. The van der Waals surface area contributed by atoms with Crippen molar-refractivity contribution in [3.8, 4) is 0 Å². The summed E-state index contributed by atoms with van der Waals surface area (Å²) < 4.78 is 30.2. The molecule has 1 amide bonds. The van der Waals surface area contributed by atoms with E-state index in [0.717, 1.165) is 90.2 Å². The number of rotatable bonds is 7. The van der Waals surface area contributed by atoms with Gasteiger partial charge in [-0.15, -0.1) is 0 Å². The number of benzene rings is 1. The molecule has 42 heavy (non-hydrogen) atoms. The van der Waals surface area contributed by atoms with Crippen LogP contribution in [0.4, 0.5) is 26.4 Å². The Hall–Kier alpha value is -3.38. The number of halogens is 2. The molecule has 0 radical (unpaired) electrons. The molecule has 0 spiro atoms. The van der Waals surface area contributed by atoms with E-state index in [1.165, 1.54) is 12.1 Å². The molecule has 3 aromatic rings. The summed E-state index contributed by atoms with van der Waals surface area (Å²) in [5.74, 6) is -0.226. The zero-order chi connectivity index (χ0) is 29.2. The highest BCUT2D eigenvalue weighted by Crippen LogP contribution is 2.38. The highest BCUT2D eigenvalue weighted by atomic mass is 19.1. The summed E-state index contributed by atoms with van der Waals surface area (Å²) in [6.07, 6.45) is 7.58. The van der Waals surface area contributed by atoms with Gasteiger partial charge in [0.1, 0.15) is 17.2 Å². The second-order valence-corrected chi connectivity index (χ2v) is 11.9. The first-order valence-electron chi connectivity index (χ1n) is 15.3. The summed E-state index contributed by atoms with van der Waals surface area (Å²) in [5.41, 5.74) is 1.31.